The summed E-state index contributed by atoms with van der Waals surface area (Å²) in [5.41, 5.74) is 0. The first kappa shape index (κ1) is 13.9. The van der Waals surface area contributed by atoms with Gasteiger partial charge in [-0.25, -0.2) is 0 Å². The van der Waals surface area contributed by atoms with Gasteiger partial charge in [0.15, 0.2) is 6.29 Å². The maximum absolute atomic E-state index is 9.59. The predicted molar refractivity (Wildman–Crippen MR) is 57.9 cm³/mol. The van der Waals surface area contributed by atoms with E-state index >= 15 is 0 Å². The van der Waals surface area contributed by atoms with Crippen LogP contribution < -0.4 is 0 Å². The molecule has 1 rings (SSSR count). The van der Waals surface area contributed by atoms with E-state index in [9.17, 15) is 15.3 Å². The second-order valence-corrected chi connectivity index (χ2v) is 4.20. The molecule has 0 spiro atoms. The zero-order chi connectivity index (χ0) is 12.0. The van der Waals surface area contributed by atoms with Gasteiger partial charge in [0.1, 0.15) is 12.2 Å². The first-order valence-electron chi connectivity index (χ1n) is 5.92. The molecule has 96 valence electrons. The van der Waals surface area contributed by atoms with Crippen LogP contribution in [0.5, 0.6) is 0 Å². The molecule has 0 radical (unpaired) electrons. The van der Waals surface area contributed by atoms with E-state index in [0.717, 1.165) is 19.3 Å². The monoisotopic (exact) mass is 234 g/mol. The molecule has 0 aromatic carbocycles. The standard InChI is InChI=1S/C11H22O5/c1-2-3-4-5-15-7-9-11(14)8(12)6-10(13)16-9/h8-14H,2-7H2,1H3/t8-,9-,10?,11+/m1/s1. The molecule has 1 aliphatic rings. The summed E-state index contributed by atoms with van der Waals surface area (Å²) in [5, 5.41) is 28.3. The number of hydrogen-bond acceptors (Lipinski definition) is 5. The van der Waals surface area contributed by atoms with Gasteiger partial charge >= 0.3 is 0 Å². The Balaban J connectivity index is 2.19. The smallest absolute Gasteiger partial charge is 0.157 e. The lowest BCUT2D eigenvalue weighted by Crippen LogP contribution is -2.50. The average molecular weight is 234 g/mol. The van der Waals surface area contributed by atoms with E-state index in [0.29, 0.717) is 6.61 Å². The Hall–Kier alpha value is -0.200. The van der Waals surface area contributed by atoms with E-state index in [-0.39, 0.29) is 13.0 Å². The first-order chi connectivity index (χ1) is 7.65. The third-order valence-electron chi connectivity index (χ3n) is 2.72. The number of aliphatic hydroxyl groups is 3. The van der Waals surface area contributed by atoms with Crippen LogP contribution in [0.3, 0.4) is 0 Å². The lowest BCUT2D eigenvalue weighted by molar-refractivity contribution is -0.242. The normalized spacial score (nSPS) is 35.2. The van der Waals surface area contributed by atoms with Crippen molar-refractivity contribution < 1.29 is 24.8 Å². The van der Waals surface area contributed by atoms with Crippen LogP contribution in [0.1, 0.15) is 32.6 Å². The zero-order valence-electron chi connectivity index (χ0n) is 9.71. The first-order valence-corrected chi connectivity index (χ1v) is 5.92. The predicted octanol–water partition coefficient (Wildman–Crippen LogP) is 0.0223. The Labute approximate surface area is 96.0 Å². The summed E-state index contributed by atoms with van der Waals surface area (Å²) >= 11 is 0. The second-order valence-electron chi connectivity index (χ2n) is 4.20. The highest BCUT2D eigenvalue weighted by molar-refractivity contribution is 4.82. The molecule has 5 nitrogen and oxygen atoms in total. The van der Waals surface area contributed by atoms with Gasteiger partial charge in [-0.2, -0.15) is 0 Å². The van der Waals surface area contributed by atoms with E-state index in [1.165, 1.54) is 0 Å². The van der Waals surface area contributed by atoms with Gasteiger partial charge in [-0.1, -0.05) is 19.8 Å². The Bertz CT molecular complexity index is 187. The van der Waals surface area contributed by atoms with Crippen molar-refractivity contribution >= 4 is 0 Å². The van der Waals surface area contributed by atoms with Crippen molar-refractivity contribution in [3.63, 3.8) is 0 Å². The Morgan fingerprint density at radius 1 is 1.25 bits per heavy atom. The molecule has 5 heteroatoms. The Morgan fingerprint density at radius 3 is 2.69 bits per heavy atom. The molecule has 0 aromatic rings. The third kappa shape index (κ3) is 4.35. The molecule has 0 saturated carbocycles. The molecule has 0 aliphatic carbocycles. The van der Waals surface area contributed by atoms with Gasteiger partial charge < -0.3 is 24.8 Å². The molecule has 1 unspecified atom stereocenters. The van der Waals surface area contributed by atoms with E-state index < -0.39 is 24.6 Å². The molecule has 1 fully saturated rings. The summed E-state index contributed by atoms with van der Waals surface area (Å²) in [4.78, 5) is 0. The summed E-state index contributed by atoms with van der Waals surface area (Å²) in [7, 11) is 0. The minimum atomic E-state index is -1.01. The lowest BCUT2D eigenvalue weighted by Gasteiger charge is -2.34. The number of hydrogen-bond donors (Lipinski definition) is 3. The topological polar surface area (TPSA) is 79.2 Å². The summed E-state index contributed by atoms with van der Waals surface area (Å²) in [6.45, 7) is 2.94. The van der Waals surface area contributed by atoms with Gasteiger partial charge in [-0.05, 0) is 6.42 Å². The average Bonchev–Trinajstić information content (AvgIpc) is 2.24. The molecule has 3 N–H and O–H groups in total. The summed E-state index contributed by atoms with van der Waals surface area (Å²) in [6, 6.07) is 0. The van der Waals surface area contributed by atoms with E-state index in [4.69, 9.17) is 9.47 Å². The van der Waals surface area contributed by atoms with E-state index in [1.54, 1.807) is 0 Å². The molecule has 1 heterocycles. The van der Waals surface area contributed by atoms with Crippen LogP contribution in [-0.2, 0) is 9.47 Å². The summed E-state index contributed by atoms with van der Waals surface area (Å²) in [5.74, 6) is 0. The van der Waals surface area contributed by atoms with Crippen molar-refractivity contribution in [3.8, 4) is 0 Å². The van der Waals surface area contributed by atoms with Crippen molar-refractivity contribution in [2.24, 2.45) is 0 Å². The van der Waals surface area contributed by atoms with Gasteiger partial charge in [0, 0.05) is 13.0 Å². The summed E-state index contributed by atoms with van der Waals surface area (Å²) in [6.07, 6.45) is -0.300. The molecule has 0 bridgehead atoms. The van der Waals surface area contributed by atoms with Crippen LogP contribution in [-0.4, -0.2) is 53.1 Å². The highest BCUT2D eigenvalue weighted by atomic mass is 16.6. The number of aliphatic hydroxyl groups excluding tert-OH is 3. The molecule has 0 amide bonds. The largest absolute Gasteiger partial charge is 0.390 e. The van der Waals surface area contributed by atoms with Crippen molar-refractivity contribution in [2.75, 3.05) is 13.2 Å². The van der Waals surface area contributed by atoms with Crippen LogP contribution in [0.4, 0.5) is 0 Å². The van der Waals surface area contributed by atoms with Crippen LogP contribution in [0.15, 0.2) is 0 Å². The minimum Gasteiger partial charge on any atom is -0.390 e. The van der Waals surface area contributed by atoms with Crippen molar-refractivity contribution in [1.29, 1.82) is 0 Å². The van der Waals surface area contributed by atoms with Crippen LogP contribution in [0.2, 0.25) is 0 Å². The van der Waals surface area contributed by atoms with Crippen LogP contribution >= 0.6 is 0 Å². The number of unbranched alkanes of at least 4 members (excludes halogenated alkanes) is 2. The summed E-state index contributed by atoms with van der Waals surface area (Å²) < 4.78 is 10.4. The molecular formula is C11H22O5. The highest BCUT2D eigenvalue weighted by Gasteiger charge is 2.35. The van der Waals surface area contributed by atoms with Gasteiger partial charge in [0.05, 0.1) is 12.7 Å². The maximum Gasteiger partial charge on any atom is 0.157 e. The fraction of sp³-hybridized carbons (Fsp3) is 1.00. The van der Waals surface area contributed by atoms with Gasteiger partial charge in [-0.3, -0.25) is 0 Å². The molecule has 0 aromatic heterocycles. The fourth-order valence-corrected chi connectivity index (χ4v) is 1.72. The van der Waals surface area contributed by atoms with Gasteiger partial charge in [0.25, 0.3) is 0 Å². The molecular weight excluding hydrogens is 212 g/mol. The fourth-order valence-electron chi connectivity index (χ4n) is 1.72. The van der Waals surface area contributed by atoms with Gasteiger partial charge in [-0.15, -0.1) is 0 Å². The van der Waals surface area contributed by atoms with Crippen molar-refractivity contribution in [2.45, 2.75) is 57.2 Å². The van der Waals surface area contributed by atoms with Crippen LogP contribution in [0.25, 0.3) is 0 Å². The number of ether oxygens (including phenoxy) is 2. The molecule has 1 aliphatic heterocycles. The number of rotatable bonds is 6. The Kier molecular flexibility index (Phi) is 6.23. The Morgan fingerprint density at radius 2 is 2.00 bits per heavy atom. The van der Waals surface area contributed by atoms with E-state index in [1.807, 2.05) is 0 Å². The molecule has 16 heavy (non-hydrogen) atoms. The lowest BCUT2D eigenvalue weighted by atomic mass is 10.0. The zero-order valence-corrected chi connectivity index (χ0v) is 9.71. The minimum absolute atomic E-state index is 0.0491. The maximum atomic E-state index is 9.59. The van der Waals surface area contributed by atoms with Gasteiger partial charge in [0.2, 0.25) is 0 Å². The highest BCUT2D eigenvalue weighted by Crippen LogP contribution is 2.19. The molecule has 1 saturated heterocycles. The van der Waals surface area contributed by atoms with E-state index in [2.05, 4.69) is 6.92 Å². The molecule has 4 atom stereocenters. The quantitative estimate of drug-likeness (QED) is 0.565. The van der Waals surface area contributed by atoms with Crippen LogP contribution in [0, 0.1) is 0 Å². The van der Waals surface area contributed by atoms with Crippen molar-refractivity contribution in [3.05, 3.63) is 0 Å². The van der Waals surface area contributed by atoms with Crippen molar-refractivity contribution in [1.82, 2.24) is 0 Å². The SMILES string of the molecule is CCCCCOC[C@H]1OC(O)C[C@@H](O)[C@@H]1O. The third-order valence-corrected chi connectivity index (χ3v) is 2.72. The second kappa shape index (κ2) is 7.19.